The van der Waals surface area contributed by atoms with Gasteiger partial charge in [-0.25, -0.2) is 0 Å². The van der Waals surface area contributed by atoms with Gasteiger partial charge in [0.05, 0.1) is 13.2 Å². The number of benzene rings is 1. The highest BCUT2D eigenvalue weighted by molar-refractivity contribution is 5.45. The van der Waals surface area contributed by atoms with Crippen LogP contribution < -0.4 is 4.74 Å². The van der Waals surface area contributed by atoms with E-state index in [0.29, 0.717) is 12.3 Å². The van der Waals surface area contributed by atoms with Gasteiger partial charge in [-0.15, -0.1) is 0 Å². The van der Waals surface area contributed by atoms with Gasteiger partial charge in [0.2, 0.25) is 0 Å². The lowest BCUT2D eigenvalue weighted by molar-refractivity contribution is 0.233. The third-order valence-corrected chi connectivity index (χ3v) is 4.03. The molecule has 112 valence electrons. The molecule has 21 heavy (non-hydrogen) atoms. The second-order valence-electron chi connectivity index (χ2n) is 5.46. The fraction of sp³-hybridized carbons (Fsp3) is 0.438. The van der Waals surface area contributed by atoms with Gasteiger partial charge in [-0.3, -0.25) is 4.90 Å². The minimum absolute atomic E-state index is 0.224. The summed E-state index contributed by atoms with van der Waals surface area (Å²) in [5.74, 6) is 1.57. The van der Waals surface area contributed by atoms with Gasteiger partial charge in [0.25, 0.3) is 0 Å². The van der Waals surface area contributed by atoms with E-state index in [0.717, 1.165) is 36.4 Å². The van der Waals surface area contributed by atoms with Crippen molar-refractivity contribution in [3.63, 3.8) is 0 Å². The molecule has 2 aromatic rings. The van der Waals surface area contributed by atoms with E-state index in [2.05, 4.69) is 10.1 Å². The van der Waals surface area contributed by atoms with Crippen molar-refractivity contribution in [1.29, 1.82) is 0 Å². The first kappa shape index (κ1) is 13.9. The van der Waals surface area contributed by atoms with Gasteiger partial charge in [-0.05, 0) is 32.4 Å². The van der Waals surface area contributed by atoms with Crippen LogP contribution in [0.4, 0.5) is 0 Å². The molecule has 2 heterocycles. The van der Waals surface area contributed by atoms with Crippen LogP contribution >= 0.6 is 0 Å². The number of hydrogen-bond donors (Lipinski definition) is 1. The highest BCUT2D eigenvalue weighted by Gasteiger charge is 2.29. The molecule has 0 bridgehead atoms. The first-order chi connectivity index (χ1) is 10.2. The average Bonchev–Trinajstić information content (AvgIpc) is 3.10. The maximum atomic E-state index is 10.2. The van der Waals surface area contributed by atoms with Crippen molar-refractivity contribution in [2.24, 2.45) is 0 Å². The zero-order valence-corrected chi connectivity index (χ0v) is 12.4. The summed E-state index contributed by atoms with van der Waals surface area (Å²) in [6, 6.07) is 7.85. The Labute approximate surface area is 124 Å². The summed E-state index contributed by atoms with van der Waals surface area (Å²) >= 11 is 0. The number of phenolic OH excluding ortho intramolecular Hbond substituents is 1. The summed E-state index contributed by atoms with van der Waals surface area (Å²) in [5, 5.41) is 14.4. The highest BCUT2D eigenvalue weighted by atomic mass is 16.5. The monoisotopic (exact) mass is 288 g/mol. The molecule has 1 atom stereocenters. The number of aryl methyl sites for hydroxylation is 1. The van der Waals surface area contributed by atoms with E-state index < -0.39 is 0 Å². The molecule has 1 aliphatic heterocycles. The Balaban J connectivity index is 1.81. The summed E-state index contributed by atoms with van der Waals surface area (Å²) in [7, 11) is 1.57. The molecule has 0 radical (unpaired) electrons. The molecule has 1 fully saturated rings. The Bertz CT molecular complexity index is 624. The van der Waals surface area contributed by atoms with E-state index in [-0.39, 0.29) is 11.8 Å². The number of para-hydroxylation sites is 1. The van der Waals surface area contributed by atoms with Crippen molar-refractivity contribution in [3.8, 4) is 11.5 Å². The van der Waals surface area contributed by atoms with E-state index >= 15 is 0 Å². The van der Waals surface area contributed by atoms with Gasteiger partial charge >= 0.3 is 0 Å². The summed E-state index contributed by atoms with van der Waals surface area (Å²) in [5.41, 5.74) is 1.86. The fourth-order valence-corrected chi connectivity index (χ4v) is 2.97. The van der Waals surface area contributed by atoms with E-state index in [4.69, 9.17) is 9.26 Å². The van der Waals surface area contributed by atoms with E-state index in [1.807, 2.05) is 25.1 Å². The highest BCUT2D eigenvalue weighted by Crippen LogP contribution is 2.36. The Morgan fingerprint density at radius 2 is 2.33 bits per heavy atom. The largest absolute Gasteiger partial charge is 0.504 e. The number of hydrogen-bond acceptors (Lipinski definition) is 5. The zero-order chi connectivity index (χ0) is 14.8. The molecule has 0 amide bonds. The minimum Gasteiger partial charge on any atom is -0.504 e. The number of methoxy groups -OCH3 is 1. The smallest absolute Gasteiger partial charge is 0.162 e. The van der Waals surface area contributed by atoms with Crippen LogP contribution in [0, 0.1) is 6.92 Å². The SMILES string of the molecule is COc1cccc(CN2CCC[C@@H]2c2cc(C)on2)c1O. The standard InChI is InChI=1S/C16H20N2O3/c1-11-9-13(17-21-11)14-6-4-8-18(14)10-12-5-3-7-15(20-2)16(12)19/h3,5,7,9,14,19H,4,6,8,10H2,1-2H3/t14-/m1/s1. The molecule has 1 aromatic heterocycles. The number of aromatic nitrogens is 1. The lowest BCUT2D eigenvalue weighted by atomic mass is 10.1. The normalized spacial score (nSPS) is 19.0. The molecule has 1 saturated heterocycles. The van der Waals surface area contributed by atoms with E-state index in [1.165, 1.54) is 0 Å². The van der Waals surface area contributed by atoms with Gasteiger partial charge in [-0.1, -0.05) is 17.3 Å². The summed E-state index contributed by atoms with van der Waals surface area (Å²) < 4.78 is 10.4. The topological polar surface area (TPSA) is 58.7 Å². The third-order valence-electron chi connectivity index (χ3n) is 4.03. The quantitative estimate of drug-likeness (QED) is 0.937. The number of aromatic hydroxyl groups is 1. The van der Waals surface area contributed by atoms with Crippen molar-refractivity contribution in [2.45, 2.75) is 32.4 Å². The van der Waals surface area contributed by atoms with Crippen molar-refractivity contribution >= 4 is 0 Å². The Kier molecular flexibility index (Phi) is 3.84. The number of rotatable bonds is 4. The molecular weight excluding hydrogens is 268 g/mol. The third kappa shape index (κ3) is 2.74. The molecule has 1 aliphatic rings. The minimum atomic E-state index is 0.224. The lowest BCUT2D eigenvalue weighted by Crippen LogP contribution is -2.23. The van der Waals surface area contributed by atoms with Crippen molar-refractivity contribution in [1.82, 2.24) is 10.1 Å². The van der Waals surface area contributed by atoms with Gasteiger partial charge in [0.15, 0.2) is 11.5 Å². The van der Waals surface area contributed by atoms with Crippen molar-refractivity contribution in [3.05, 3.63) is 41.3 Å². The van der Waals surface area contributed by atoms with E-state index in [9.17, 15) is 5.11 Å². The van der Waals surface area contributed by atoms with Crippen LogP contribution in [-0.4, -0.2) is 28.8 Å². The van der Waals surface area contributed by atoms with Crippen LogP contribution in [0.5, 0.6) is 11.5 Å². The summed E-state index contributed by atoms with van der Waals surface area (Å²) in [4.78, 5) is 2.33. The molecule has 1 aromatic carbocycles. The number of ether oxygens (including phenoxy) is 1. The number of phenols is 1. The van der Waals surface area contributed by atoms with Gasteiger partial charge in [0, 0.05) is 18.2 Å². The van der Waals surface area contributed by atoms with Gasteiger partial charge in [0.1, 0.15) is 11.5 Å². The van der Waals surface area contributed by atoms with Crippen LogP contribution in [0.1, 0.15) is 35.9 Å². The molecule has 0 aliphatic carbocycles. The second-order valence-corrected chi connectivity index (χ2v) is 5.46. The molecule has 0 unspecified atom stereocenters. The van der Waals surface area contributed by atoms with Gasteiger partial charge in [-0.2, -0.15) is 0 Å². The summed E-state index contributed by atoms with van der Waals surface area (Å²) in [6.45, 7) is 3.58. The first-order valence-corrected chi connectivity index (χ1v) is 7.21. The van der Waals surface area contributed by atoms with Crippen molar-refractivity contribution in [2.75, 3.05) is 13.7 Å². The maximum absolute atomic E-state index is 10.2. The zero-order valence-electron chi connectivity index (χ0n) is 12.4. The number of nitrogens with zero attached hydrogens (tertiary/aromatic N) is 2. The lowest BCUT2D eigenvalue weighted by Gasteiger charge is -2.23. The van der Waals surface area contributed by atoms with Crippen molar-refractivity contribution < 1.29 is 14.4 Å². The molecule has 1 N–H and O–H groups in total. The van der Waals surface area contributed by atoms with Crippen LogP contribution in [0.3, 0.4) is 0 Å². The molecule has 3 rings (SSSR count). The van der Waals surface area contributed by atoms with Gasteiger partial charge < -0.3 is 14.4 Å². The Morgan fingerprint density at radius 1 is 1.48 bits per heavy atom. The first-order valence-electron chi connectivity index (χ1n) is 7.21. The van der Waals surface area contributed by atoms with Crippen LogP contribution in [0.15, 0.2) is 28.8 Å². The molecule has 0 saturated carbocycles. The Morgan fingerprint density at radius 3 is 3.05 bits per heavy atom. The maximum Gasteiger partial charge on any atom is 0.162 e. The average molecular weight is 288 g/mol. The van der Waals surface area contributed by atoms with Crippen LogP contribution in [0.2, 0.25) is 0 Å². The molecule has 0 spiro atoms. The fourth-order valence-electron chi connectivity index (χ4n) is 2.97. The van der Waals surface area contributed by atoms with Crippen LogP contribution in [0.25, 0.3) is 0 Å². The molecule has 5 heteroatoms. The second kappa shape index (κ2) is 5.77. The Hall–Kier alpha value is -2.01. The number of likely N-dealkylation sites (tertiary alicyclic amines) is 1. The summed E-state index contributed by atoms with van der Waals surface area (Å²) in [6.07, 6.45) is 2.19. The molecular formula is C16H20N2O3. The van der Waals surface area contributed by atoms with E-state index in [1.54, 1.807) is 13.2 Å². The predicted molar refractivity (Wildman–Crippen MR) is 78.3 cm³/mol. The van der Waals surface area contributed by atoms with Crippen LogP contribution in [-0.2, 0) is 6.54 Å². The predicted octanol–water partition coefficient (Wildman–Crippen LogP) is 3.03. The molecule has 5 nitrogen and oxygen atoms in total.